The monoisotopic (exact) mass is 324 g/mol. The third-order valence-corrected chi connectivity index (χ3v) is 4.40. The van der Waals surface area contributed by atoms with Crippen LogP contribution in [-0.4, -0.2) is 34.4 Å². The smallest absolute Gasteiger partial charge is 0.268 e. The first kappa shape index (κ1) is 16.0. The second kappa shape index (κ2) is 7.13. The van der Waals surface area contributed by atoms with Gasteiger partial charge >= 0.3 is 0 Å². The number of aryl methyl sites for hydroxylation is 1. The van der Waals surface area contributed by atoms with Gasteiger partial charge in [0.15, 0.2) is 0 Å². The Labute approximate surface area is 140 Å². The fourth-order valence-corrected chi connectivity index (χ4v) is 2.84. The Morgan fingerprint density at radius 2 is 2.12 bits per heavy atom. The van der Waals surface area contributed by atoms with Crippen molar-refractivity contribution in [3.05, 3.63) is 46.5 Å². The van der Waals surface area contributed by atoms with Crippen molar-refractivity contribution < 1.29 is 0 Å². The molecule has 3 heterocycles. The minimum Gasteiger partial charge on any atom is -0.370 e. The molecule has 0 saturated carbocycles. The van der Waals surface area contributed by atoms with Gasteiger partial charge in [0.1, 0.15) is 11.9 Å². The minimum atomic E-state index is -0.0804. The van der Waals surface area contributed by atoms with Gasteiger partial charge in [-0.15, -0.1) is 0 Å². The third-order valence-electron chi connectivity index (χ3n) is 4.40. The van der Waals surface area contributed by atoms with Gasteiger partial charge in [-0.2, -0.15) is 10.4 Å². The third kappa shape index (κ3) is 3.71. The fraction of sp³-hybridized carbons (Fsp3) is 0.412. The summed E-state index contributed by atoms with van der Waals surface area (Å²) in [6.07, 6.45) is 5.44. The average molecular weight is 324 g/mol. The van der Waals surface area contributed by atoms with Crippen molar-refractivity contribution >= 4 is 11.5 Å². The van der Waals surface area contributed by atoms with E-state index in [9.17, 15) is 4.79 Å². The van der Waals surface area contributed by atoms with Crippen molar-refractivity contribution in [2.24, 2.45) is 13.0 Å². The van der Waals surface area contributed by atoms with E-state index in [4.69, 9.17) is 5.26 Å². The second-order valence-corrected chi connectivity index (χ2v) is 6.03. The Morgan fingerprint density at radius 3 is 2.75 bits per heavy atom. The first-order valence-corrected chi connectivity index (χ1v) is 8.04. The zero-order valence-electron chi connectivity index (χ0n) is 13.6. The molecule has 0 radical (unpaired) electrons. The molecule has 3 rings (SSSR count). The minimum absolute atomic E-state index is 0.0804. The van der Waals surface area contributed by atoms with Crippen LogP contribution in [0.5, 0.6) is 0 Å². The summed E-state index contributed by atoms with van der Waals surface area (Å²) in [5, 5.41) is 16.2. The van der Waals surface area contributed by atoms with Crippen molar-refractivity contribution in [1.29, 1.82) is 5.26 Å². The highest BCUT2D eigenvalue weighted by atomic mass is 16.1. The highest BCUT2D eigenvalue weighted by molar-refractivity contribution is 5.43. The molecule has 7 nitrogen and oxygen atoms in total. The van der Waals surface area contributed by atoms with Crippen molar-refractivity contribution in [3.8, 4) is 6.07 Å². The van der Waals surface area contributed by atoms with Crippen LogP contribution in [0.25, 0.3) is 0 Å². The highest BCUT2D eigenvalue weighted by Gasteiger charge is 2.20. The number of hydrogen-bond donors (Lipinski definition) is 1. The zero-order chi connectivity index (χ0) is 16.9. The number of hydrogen-bond acceptors (Lipinski definition) is 6. The fourth-order valence-electron chi connectivity index (χ4n) is 2.84. The largest absolute Gasteiger partial charge is 0.370 e. The summed E-state index contributed by atoms with van der Waals surface area (Å²) in [5.74, 6) is 1.37. The van der Waals surface area contributed by atoms with Gasteiger partial charge in [-0.05, 0) is 30.9 Å². The first-order chi connectivity index (χ1) is 11.7. The maximum absolute atomic E-state index is 11.7. The van der Waals surface area contributed by atoms with E-state index < -0.39 is 0 Å². The molecular formula is C17H20N6O. The van der Waals surface area contributed by atoms with E-state index in [1.54, 1.807) is 31.6 Å². The Balaban J connectivity index is 1.50. The summed E-state index contributed by atoms with van der Waals surface area (Å²) < 4.78 is 1.34. The molecule has 0 atom stereocenters. The average Bonchev–Trinajstić information content (AvgIpc) is 2.63. The lowest BCUT2D eigenvalue weighted by Gasteiger charge is -2.33. The molecule has 7 heteroatoms. The molecular weight excluding hydrogens is 304 g/mol. The normalized spacial score (nSPS) is 15.1. The Kier molecular flexibility index (Phi) is 4.75. The molecule has 1 aliphatic rings. The van der Waals surface area contributed by atoms with Crippen LogP contribution >= 0.6 is 0 Å². The van der Waals surface area contributed by atoms with E-state index in [2.05, 4.69) is 26.4 Å². The SMILES string of the molecule is Cn1ncc(N2CCC(CNc3ccc(C#N)cn3)CC2)cc1=O. The molecule has 0 aromatic carbocycles. The van der Waals surface area contributed by atoms with Crippen LogP contribution in [0.3, 0.4) is 0 Å². The van der Waals surface area contributed by atoms with Crippen molar-refractivity contribution in [1.82, 2.24) is 14.8 Å². The summed E-state index contributed by atoms with van der Waals surface area (Å²) in [4.78, 5) is 18.1. The van der Waals surface area contributed by atoms with Crippen molar-refractivity contribution in [2.45, 2.75) is 12.8 Å². The van der Waals surface area contributed by atoms with Gasteiger partial charge in [-0.3, -0.25) is 4.79 Å². The molecule has 2 aromatic rings. The number of nitrogens with zero attached hydrogens (tertiary/aromatic N) is 5. The molecule has 0 amide bonds. The van der Waals surface area contributed by atoms with Crippen LogP contribution < -0.4 is 15.8 Å². The number of nitriles is 1. The van der Waals surface area contributed by atoms with E-state index in [1.807, 2.05) is 6.07 Å². The number of anilines is 2. The maximum atomic E-state index is 11.7. The maximum Gasteiger partial charge on any atom is 0.268 e. The number of pyridine rings is 1. The molecule has 1 aliphatic heterocycles. The van der Waals surface area contributed by atoms with Crippen molar-refractivity contribution in [2.75, 3.05) is 29.9 Å². The van der Waals surface area contributed by atoms with Crippen LogP contribution in [0.1, 0.15) is 18.4 Å². The van der Waals surface area contributed by atoms with E-state index in [0.717, 1.165) is 44.0 Å². The predicted molar refractivity (Wildman–Crippen MR) is 91.9 cm³/mol. The molecule has 1 fully saturated rings. The van der Waals surface area contributed by atoms with Gasteiger partial charge in [0.25, 0.3) is 5.56 Å². The molecule has 0 aliphatic carbocycles. The van der Waals surface area contributed by atoms with Crippen LogP contribution in [0.2, 0.25) is 0 Å². The number of rotatable bonds is 4. The number of piperidine rings is 1. The highest BCUT2D eigenvalue weighted by Crippen LogP contribution is 2.22. The van der Waals surface area contributed by atoms with E-state index in [1.165, 1.54) is 4.68 Å². The Bertz CT molecular complexity index is 784. The number of nitrogens with one attached hydrogen (secondary N) is 1. The topological polar surface area (TPSA) is 86.8 Å². The molecule has 124 valence electrons. The quantitative estimate of drug-likeness (QED) is 0.914. The van der Waals surface area contributed by atoms with Gasteiger partial charge in [0.2, 0.25) is 0 Å². The van der Waals surface area contributed by atoms with E-state index in [-0.39, 0.29) is 5.56 Å². The summed E-state index contributed by atoms with van der Waals surface area (Å²) in [6.45, 7) is 2.70. The second-order valence-electron chi connectivity index (χ2n) is 6.03. The summed E-state index contributed by atoms with van der Waals surface area (Å²) in [6, 6.07) is 7.31. The molecule has 24 heavy (non-hydrogen) atoms. The van der Waals surface area contributed by atoms with Gasteiger partial charge in [0, 0.05) is 38.9 Å². The number of aromatic nitrogens is 3. The zero-order valence-corrected chi connectivity index (χ0v) is 13.6. The summed E-state index contributed by atoms with van der Waals surface area (Å²) >= 11 is 0. The molecule has 1 saturated heterocycles. The Hall–Kier alpha value is -2.88. The molecule has 0 bridgehead atoms. The first-order valence-electron chi connectivity index (χ1n) is 8.04. The van der Waals surface area contributed by atoms with Gasteiger partial charge in [0.05, 0.1) is 17.4 Å². The lowest BCUT2D eigenvalue weighted by atomic mass is 9.96. The van der Waals surface area contributed by atoms with Crippen LogP contribution in [-0.2, 0) is 7.05 Å². The standard InChI is InChI=1S/C17H20N6O/c1-22-17(24)8-15(12-21-22)23-6-4-13(5-7-23)10-19-16-3-2-14(9-18)11-20-16/h2-3,8,11-13H,4-7,10H2,1H3,(H,19,20). The van der Waals surface area contributed by atoms with Gasteiger partial charge in [-0.1, -0.05) is 0 Å². The van der Waals surface area contributed by atoms with E-state index in [0.29, 0.717) is 11.5 Å². The predicted octanol–water partition coefficient (Wildman–Crippen LogP) is 1.38. The molecule has 0 spiro atoms. The molecule has 2 aromatic heterocycles. The summed E-state index contributed by atoms with van der Waals surface area (Å²) in [5.41, 5.74) is 1.39. The lowest BCUT2D eigenvalue weighted by molar-refractivity contribution is 0.422. The van der Waals surface area contributed by atoms with Crippen LogP contribution in [0.15, 0.2) is 35.4 Å². The molecule has 1 N–H and O–H groups in total. The van der Waals surface area contributed by atoms with Gasteiger partial charge in [-0.25, -0.2) is 9.67 Å². The van der Waals surface area contributed by atoms with E-state index >= 15 is 0 Å². The van der Waals surface area contributed by atoms with Crippen LogP contribution in [0, 0.1) is 17.2 Å². The van der Waals surface area contributed by atoms with Crippen LogP contribution in [0.4, 0.5) is 11.5 Å². The summed E-state index contributed by atoms with van der Waals surface area (Å²) in [7, 11) is 1.65. The van der Waals surface area contributed by atoms with Crippen molar-refractivity contribution in [3.63, 3.8) is 0 Å². The molecule has 0 unspecified atom stereocenters. The lowest BCUT2D eigenvalue weighted by Crippen LogP contribution is -2.37. The Morgan fingerprint density at radius 1 is 1.33 bits per heavy atom. The van der Waals surface area contributed by atoms with Gasteiger partial charge < -0.3 is 10.2 Å².